The van der Waals surface area contributed by atoms with Gasteiger partial charge in [0.2, 0.25) is 0 Å². The topological polar surface area (TPSA) is 60.4 Å². The van der Waals surface area contributed by atoms with Crippen LogP contribution in [0.1, 0.15) is 26.7 Å². The van der Waals surface area contributed by atoms with E-state index in [0.29, 0.717) is 0 Å². The molecular weight excluding hydrogens is 455 g/mol. The Hall–Kier alpha value is -0.700. The Morgan fingerprint density at radius 1 is 1.04 bits per heavy atom. The van der Waals surface area contributed by atoms with Crippen molar-refractivity contribution in [1.29, 1.82) is 0 Å². The van der Waals surface area contributed by atoms with Gasteiger partial charge in [0.05, 0.1) is 5.75 Å². The molecule has 1 saturated heterocycles. The van der Waals surface area contributed by atoms with E-state index in [0.717, 1.165) is 0 Å². The van der Waals surface area contributed by atoms with Crippen molar-refractivity contribution < 1.29 is 56.4 Å². The highest BCUT2D eigenvalue weighted by atomic mass is 32.3. The van der Waals surface area contributed by atoms with Gasteiger partial charge in [0.1, 0.15) is 5.78 Å². The van der Waals surface area contributed by atoms with E-state index < -0.39 is 55.2 Å². The Kier molecular flexibility index (Phi) is 6.81. The summed E-state index contributed by atoms with van der Waals surface area (Å²) >= 11 is 0. The summed E-state index contributed by atoms with van der Waals surface area (Å²) in [5, 5.41) is -6.90. The molecular formula is C13H17F9O4S2. The average Bonchev–Trinajstić information content (AvgIpc) is 2.85. The molecule has 28 heavy (non-hydrogen) atoms. The van der Waals surface area contributed by atoms with E-state index in [1.807, 2.05) is 0 Å². The number of hydrogen-bond acceptors (Lipinski definition) is 4. The zero-order chi connectivity index (χ0) is 22.4. The third kappa shape index (κ3) is 4.25. The molecule has 2 atom stereocenters. The molecule has 0 bridgehead atoms. The Balaban J connectivity index is 3.37. The van der Waals surface area contributed by atoms with Crippen LogP contribution >= 0.6 is 10.3 Å². The minimum Gasteiger partial charge on any atom is -0.299 e. The molecule has 0 aliphatic carbocycles. The van der Waals surface area contributed by atoms with Gasteiger partial charge in [-0.2, -0.15) is 47.9 Å². The second-order valence-corrected chi connectivity index (χ2v) is 11.4. The molecule has 0 radical (unpaired) electrons. The summed E-state index contributed by atoms with van der Waals surface area (Å²) < 4.78 is 145. The fourth-order valence-corrected chi connectivity index (χ4v) is 8.71. The first-order valence-electron chi connectivity index (χ1n) is 7.70. The Labute approximate surface area is 156 Å². The lowest BCUT2D eigenvalue weighted by atomic mass is 10.1. The van der Waals surface area contributed by atoms with Crippen LogP contribution in [-0.2, 0) is 18.5 Å². The maximum absolute atomic E-state index is 13.8. The molecule has 1 heterocycles. The van der Waals surface area contributed by atoms with Crippen LogP contribution in [0.15, 0.2) is 0 Å². The van der Waals surface area contributed by atoms with E-state index in [9.17, 15) is 52.7 Å². The fraction of sp³-hybridized carbons (Fsp3) is 0.923. The monoisotopic (exact) mass is 472 g/mol. The van der Waals surface area contributed by atoms with Gasteiger partial charge in [0, 0.05) is 17.9 Å². The van der Waals surface area contributed by atoms with E-state index >= 15 is 0 Å². The summed E-state index contributed by atoms with van der Waals surface area (Å²) in [5.74, 6) is -17.0. The number of rotatable bonds is 8. The molecule has 0 N–H and O–H groups in total. The summed E-state index contributed by atoms with van der Waals surface area (Å²) in [6.45, 7) is 2.86. The van der Waals surface area contributed by atoms with Crippen LogP contribution in [0.4, 0.5) is 39.5 Å². The van der Waals surface area contributed by atoms with Crippen molar-refractivity contribution >= 4 is 26.2 Å². The number of carbonyl (C=O) groups excluding carboxylic acids is 1. The number of halogens is 9. The molecule has 168 valence electrons. The molecule has 0 aromatic carbocycles. The molecule has 1 rings (SSSR count). The lowest BCUT2D eigenvalue weighted by Gasteiger charge is -2.37. The quantitative estimate of drug-likeness (QED) is 0.489. The molecule has 0 amide bonds. The first kappa shape index (κ1) is 25.3. The van der Waals surface area contributed by atoms with Crippen LogP contribution in [-0.4, -0.2) is 54.7 Å². The Bertz CT molecular complexity index is 705. The molecule has 15 heteroatoms. The highest BCUT2D eigenvalue weighted by Gasteiger charge is 2.86. The van der Waals surface area contributed by atoms with E-state index in [-0.39, 0.29) is 30.3 Å². The van der Waals surface area contributed by atoms with Gasteiger partial charge in [0.25, 0.3) is 0 Å². The maximum Gasteiger partial charge on any atom is 0.460 e. The fourth-order valence-electron chi connectivity index (χ4n) is 2.46. The van der Waals surface area contributed by atoms with Gasteiger partial charge in [-0.25, -0.2) is 3.63 Å². The van der Waals surface area contributed by atoms with Crippen LogP contribution in [0, 0.1) is 5.92 Å². The van der Waals surface area contributed by atoms with Crippen molar-refractivity contribution in [3.8, 4) is 0 Å². The largest absolute Gasteiger partial charge is 0.460 e. The molecule has 1 aliphatic heterocycles. The van der Waals surface area contributed by atoms with Gasteiger partial charge in [-0.3, -0.25) is 4.79 Å². The van der Waals surface area contributed by atoms with E-state index in [2.05, 4.69) is 3.63 Å². The Morgan fingerprint density at radius 3 is 1.89 bits per heavy atom. The zero-order valence-electron chi connectivity index (χ0n) is 14.5. The van der Waals surface area contributed by atoms with Crippen LogP contribution in [0.5, 0.6) is 0 Å². The first-order valence-corrected chi connectivity index (χ1v) is 11.2. The van der Waals surface area contributed by atoms with Crippen molar-refractivity contribution in [3.05, 3.63) is 0 Å². The van der Waals surface area contributed by atoms with Gasteiger partial charge in [0.15, 0.2) is 0 Å². The van der Waals surface area contributed by atoms with Crippen molar-refractivity contribution in [3.63, 3.8) is 0 Å². The lowest BCUT2D eigenvalue weighted by molar-refractivity contribution is -0.382. The zero-order valence-corrected chi connectivity index (χ0v) is 16.1. The summed E-state index contributed by atoms with van der Waals surface area (Å²) in [7, 11) is -10.2. The van der Waals surface area contributed by atoms with E-state index in [4.69, 9.17) is 0 Å². The molecule has 4 nitrogen and oxygen atoms in total. The molecule has 1 aliphatic rings. The van der Waals surface area contributed by atoms with Gasteiger partial charge in [-0.15, -0.1) is 10.3 Å². The summed E-state index contributed by atoms with van der Waals surface area (Å²) in [5.41, 5.74) is 0. The first-order chi connectivity index (χ1) is 12.3. The highest BCUT2D eigenvalue weighted by molar-refractivity contribution is 8.33. The SMILES string of the molecule is CCC(=O)CS1(OS(=O)(=O)C(F)(F)C(F)(F)C(F)(F)C(F)(F)F)CCC(C)C1. The van der Waals surface area contributed by atoms with E-state index in [1.165, 1.54) is 13.8 Å². The smallest absolute Gasteiger partial charge is 0.299 e. The summed E-state index contributed by atoms with van der Waals surface area (Å²) in [6.07, 6.45) is -7.16. The normalized spacial score (nSPS) is 27.5. The van der Waals surface area contributed by atoms with Crippen molar-refractivity contribution in [2.24, 2.45) is 5.92 Å². The highest BCUT2D eigenvalue weighted by Crippen LogP contribution is 2.62. The van der Waals surface area contributed by atoms with Crippen molar-refractivity contribution in [2.75, 3.05) is 17.3 Å². The van der Waals surface area contributed by atoms with Gasteiger partial charge < -0.3 is 0 Å². The molecule has 0 saturated carbocycles. The van der Waals surface area contributed by atoms with Crippen molar-refractivity contribution in [1.82, 2.24) is 0 Å². The predicted octanol–water partition coefficient (Wildman–Crippen LogP) is 4.50. The number of Topliss-reactive ketones (excluding diaryl/α,β-unsaturated/α-hetero) is 1. The number of ketones is 1. The molecule has 2 unspecified atom stereocenters. The summed E-state index contributed by atoms with van der Waals surface area (Å²) in [6, 6.07) is 0. The van der Waals surface area contributed by atoms with Gasteiger partial charge in [-0.1, -0.05) is 13.8 Å². The van der Waals surface area contributed by atoms with Crippen LogP contribution in [0.3, 0.4) is 0 Å². The third-order valence-corrected chi connectivity index (χ3v) is 9.81. The number of carbonyl (C=O) groups is 1. The molecule has 0 aromatic rings. The van der Waals surface area contributed by atoms with Crippen LogP contribution in [0.25, 0.3) is 0 Å². The van der Waals surface area contributed by atoms with Crippen LogP contribution < -0.4 is 0 Å². The molecule has 1 fully saturated rings. The minimum absolute atomic E-state index is 0.169. The predicted molar refractivity (Wildman–Crippen MR) is 82.2 cm³/mol. The maximum atomic E-state index is 13.8. The van der Waals surface area contributed by atoms with Gasteiger partial charge >= 0.3 is 33.4 Å². The number of alkyl halides is 9. The van der Waals surface area contributed by atoms with Gasteiger partial charge in [-0.05, 0) is 12.3 Å². The third-order valence-electron chi connectivity index (χ3n) is 4.05. The lowest BCUT2D eigenvalue weighted by Crippen LogP contribution is -2.63. The second-order valence-electron chi connectivity index (χ2n) is 6.45. The number of hydrogen-bond donors (Lipinski definition) is 0. The van der Waals surface area contributed by atoms with Crippen molar-refractivity contribution in [2.45, 2.75) is 50.0 Å². The van der Waals surface area contributed by atoms with Crippen LogP contribution in [0.2, 0.25) is 0 Å². The Morgan fingerprint density at radius 2 is 1.54 bits per heavy atom. The average molecular weight is 472 g/mol. The standard InChI is InChI=1S/C13H17F9O4S2/c1-3-9(23)7-27(5-4-8(2)6-27)26-28(24,25)13(21,22)11(16,17)10(14,15)12(18,19)20/h8H,3-7H2,1-2H3. The second kappa shape index (κ2) is 7.52. The summed E-state index contributed by atoms with van der Waals surface area (Å²) in [4.78, 5) is 11.6. The minimum atomic E-state index is -7.36. The van der Waals surface area contributed by atoms with E-state index in [1.54, 1.807) is 0 Å². The molecule has 0 spiro atoms. The molecule has 0 aromatic heterocycles.